The summed E-state index contributed by atoms with van der Waals surface area (Å²) in [7, 11) is 1.35. The highest BCUT2D eigenvalue weighted by Gasteiger charge is 2.28. The highest BCUT2D eigenvalue weighted by Crippen LogP contribution is 2.24. The third-order valence-corrected chi connectivity index (χ3v) is 3.76. The van der Waals surface area contributed by atoms with Crippen molar-refractivity contribution in [1.82, 2.24) is 14.5 Å². The number of aryl methyl sites for hydroxylation is 1. The molecule has 2 rings (SSSR count). The molecule has 0 bridgehead atoms. The molecule has 110 valence electrons. The second-order valence-electron chi connectivity index (χ2n) is 5.09. The van der Waals surface area contributed by atoms with Crippen molar-refractivity contribution < 1.29 is 14.3 Å². The normalized spacial score (nSPS) is 15.2. The summed E-state index contributed by atoms with van der Waals surface area (Å²) in [6.07, 6.45) is 9.79. The van der Waals surface area contributed by atoms with Crippen LogP contribution in [0.25, 0.3) is 0 Å². The fourth-order valence-electron chi connectivity index (χ4n) is 2.63. The molecule has 1 aliphatic rings. The highest BCUT2D eigenvalue weighted by atomic mass is 16.5. The average Bonchev–Trinajstić information content (AvgIpc) is 3.14. The van der Waals surface area contributed by atoms with Crippen LogP contribution in [-0.2, 0) is 20.9 Å². The molecule has 20 heavy (non-hydrogen) atoms. The van der Waals surface area contributed by atoms with Gasteiger partial charge in [0.15, 0.2) is 0 Å². The molecule has 0 unspecified atom stereocenters. The maximum atomic E-state index is 12.4. The number of hydrogen-bond acceptors (Lipinski definition) is 4. The molecule has 0 aromatic carbocycles. The lowest BCUT2D eigenvalue weighted by Crippen LogP contribution is -2.42. The fourth-order valence-corrected chi connectivity index (χ4v) is 2.63. The van der Waals surface area contributed by atoms with Gasteiger partial charge in [0, 0.05) is 31.4 Å². The number of hydrogen-bond donors (Lipinski definition) is 0. The fraction of sp³-hybridized carbons (Fsp3) is 0.643. The Labute approximate surface area is 118 Å². The van der Waals surface area contributed by atoms with Crippen LogP contribution in [-0.4, -0.2) is 46.0 Å². The quantitative estimate of drug-likeness (QED) is 0.734. The second-order valence-corrected chi connectivity index (χ2v) is 5.09. The van der Waals surface area contributed by atoms with Gasteiger partial charge in [0.25, 0.3) is 0 Å². The Morgan fingerprint density at radius 2 is 2.15 bits per heavy atom. The lowest BCUT2D eigenvalue weighted by atomic mass is 10.2. The summed E-state index contributed by atoms with van der Waals surface area (Å²) in [6.45, 7) is 0.646. The van der Waals surface area contributed by atoms with Gasteiger partial charge >= 0.3 is 5.97 Å². The number of aromatic nitrogens is 2. The van der Waals surface area contributed by atoms with Crippen molar-refractivity contribution in [2.24, 2.45) is 0 Å². The van der Waals surface area contributed by atoms with Crippen molar-refractivity contribution in [1.29, 1.82) is 0 Å². The van der Waals surface area contributed by atoms with E-state index in [2.05, 4.69) is 4.98 Å². The number of ether oxygens (including phenoxy) is 1. The average molecular weight is 279 g/mol. The summed E-state index contributed by atoms with van der Waals surface area (Å²) in [5, 5.41) is 0. The van der Waals surface area contributed by atoms with Crippen LogP contribution in [0.3, 0.4) is 0 Å². The summed E-state index contributed by atoms with van der Waals surface area (Å²) >= 11 is 0. The van der Waals surface area contributed by atoms with Crippen LogP contribution in [0, 0.1) is 0 Å². The number of esters is 1. The monoisotopic (exact) mass is 279 g/mol. The largest absolute Gasteiger partial charge is 0.468 e. The van der Waals surface area contributed by atoms with Crippen molar-refractivity contribution in [3.63, 3.8) is 0 Å². The predicted octanol–water partition coefficient (Wildman–Crippen LogP) is 1.22. The number of amides is 1. The van der Waals surface area contributed by atoms with Crippen molar-refractivity contribution in [3.8, 4) is 0 Å². The van der Waals surface area contributed by atoms with Gasteiger partial charge in [0.05, 0.1) is 13.4 Å². The first kappa shape index (κ1) is 14.6. The van der Waals surface area contributed by atoms with Gasteiger partial charge in [-0.25, -0.2) is 4.98 Å². The SMILES string of the molecule is COC(=O)CN(C(=O)CCn1ccnc1)C1CCCC1. The number of methoxy groups -OCH3 is 1. The summed E-state index contributed by atoms with van der Waals surface area (Å²) in [5.41, 5.74) is 0. The molecule has 1 fully saturated rings. The molecule has 6 nitrogen and oxygen atoms in total. The molecular weight excluding hydrogens is 258 g/mol. The first-order valence-corrected chi connectivity index (χ1v) is 7.02. The number of carbonyl (C=O) groups excluding carboxylic acids is 2. The predicted molar refractivity (Wildman–Crippen MR) is 72.8 cm³/mol. The smallest absolute Gasteiger partial charge is 0.325 e. The Morgan fingerprint density at radius 1 is 1.40 bits per heavy atom. The summed E-state index contributed by atoms with van der Waals surface area (Å²) < 4.78 is 6.56. The van der Waals surface area contributed by atoms with Crippen LogP contribution in [0.4, 0.5) is 0 Å². The van der Waals surface area contributed by atoms with Gasteiger partial charge in [-0.2, -0.15) is 0 Å². The van der Waals surface area contributed by atoms with E-state index in [1.807, 2.05) is 10.8 Å². The molecule has 1 heterocycles. The molecule has 0 atom stereocenters. The Kier molecular flexibility index (Phi) is 5.15. The van der Waals surface area contributed by atoms with E-state index in [0.29, 0.717) is 13.0 Å². The van der Waals surface area contributed by atoms with Crippen LogP contribution in [0.2, 0.25) is 0 Å². The van der Waals surface area contributed by atoms with Gasteiger partial charge in [-0.05, 0) is 12.8 Å². The molecule has 1 aromatic rings. The zero-order chi connectivity index (χ0) is 14.4. The van der Waals surface area contributed by atoms with Crippen molar-refractivity contribution in [2.75, 3.05) is 13.7 Å². The zero-order valence-corrected chi connectivity index (χ0v) is 11.8. The molecule has 0 N–H and O–H groups in total. The van der Waals surface area contributed by atoms with E-state index in [1.165, 1.54) is 7.11 Å². The van der Waals surface area contributed by atoms with E-state index < -0.39 is 0 Å². The maximum Gasteiger partial charge on any atom is 0.325 e. The second kappa shape index (κ2) is 7.07. The van der Waals surface area contributed by atoms with Crippen LogP contribution in [0.5, 0.6) is 0 Å². The minimum atomic E-state index is -0.354. The lowest BCUT2D eigenvalue weighted by molar-refractivity contribution is -0.148. The van der Waals surface area contributed by atoms with Crippen molar-refractivity contribution in [2.45, 2.75) is 44.7 Å². The van der Waals surface area contributed by atoms with Gasteiger partial charge in [0.2, 0.25) is 5.91 Å². The van der Waals surface area contributed by atoms with Crippen LogP contribution in [0.1, 0.15) is 32.1 Å². The van der Waals surface area contributed by atoms with E-state index >= 15 is 0 Å². The molecule has 0 aliphatic heterocycles. The third-order valence-electron chi connectivity index (χ3n) is 3.76. The molecule has 0 radical (unpaired) electrons. The van der Waals surface area contributed by atoms with E-state index in [-0.39, 0.29) is 24.5 Å². The van der Waals surface area contributed by atoms with E-state index in [0.717, 1.165) is 25.7 Å². The molecule has 1 aromatic heterocycles. The third kappa shape index (κ3) is 3.82. The summed E-state index contributed by atoms with van der Waals surface area (Å²) in [5.74, 6) is -0.344. The Morgan fingerprint density at radius 3 is 2.75 bits per heavy atom. The number of nitrogens with zero attached hydrogens (tertiary/aromatic N) is 3. The first-order chi connectivity index (χ1) is 9.70. The minimum Gasteiger partial charge on any atom is -0.468 e. The first-order valence-electron chi connectivity index (χ1n) is 7.02. The van der Waals surface area contributed by atoms with Crippen molar-refractivity contribution in [3.05, 3.63) is 18.7 Å². The zero-order valence-electron chi connectivity index (χ0n) is 11.8. The van der Waals surface area contributed by atoms with E-state index in [1.54, 1.807) is 17.4 Å². The molecule has 6 heteroatoms. The highest BCUT2D eigenvalue weighted by molar-refractivity contribution is 5.82. The number of rotatable bonds is 6. The van der Waals surface area contributed by atoms with Gasteiger partial charge in [-0.1, -0.05) is 12.8 Å². The minimum absolute atomic E-state index is 0.0102. The molecular formula is C14H21N3O3. The van der Waals surface area contributed by atoms with Crippen LogP contribution >= 0.6 is 0 Å². The summed E-state index contributed by atoms with van der Waals surface area (Å²) in [6, 6.07) is 0.185. The lowest BCUT2D eigenvalue weighted by Gasteiger charge is -2.28. The van der Waals surface area contributed by atoms with Crippen LogP contribution in [0.15, 0.2) is 18.7 Å². The van der Waals surface area contributed by atoms with Gasteiger partial charge in [0.1, 0.15) is 6.54 Å². The summed E-state index contributed by atoms with van der Waals surface area (Å²) in [4.78, 5) is 29.5. The van der Waals surface area contributed by atoms with Gasteiger partial charge < -0.3 is 14.2 Å². The molecule has 0 spiro atoms. The van der Waals surface area contributed by atoms with Gasteiger partial charge in [-0.15, -0.1) is 0 Å². The Balaban J connectivity index is 1.93. The van der Waals surface area contributed by atoms with E-state index in [4.69, 9.17) is 4.74 Å². The number of carbonyl (C=O) groups is 2. The van der Waals surface area contributed by atoms with Crippen molar-refractivity contribution >= 4 is 11.9 Å². The van der Waals surface area contributed by atoms with Crippen LogP contribution < -0.4 is 0 Å². The standard InChI is InChI=1S/C14H21N3O3/c1-20-14(19)10-17(12-4-2-3-5-12)13(18)6-8-16-9-7-15-11-16/h7,9,11-12H,2-6,8,10H2,1H3. The topological polar surface area (TPSA) is 64.4 Å². The Bertz CT molecular complexity index is 439. The van der Waals surface area contributed by atoms with Gasteiger partial charge in [-0.3, -0.25) is 9.59 Å². The molecule has 1 amide bonds. The number of imidazole rings is 1. The molecule has 0 saturated heterocycles. The molecule has 1 saturated carbocycles. The molecule has 1 aliphatic carbocycles. The Hall–Kier alpha value is -1.85. The van der Waals surface area contributed by atoms with E-state index in [9.17, 15) is 9.59 Å². The maximum absolute atomic E-state index is 12.4.